The Morgan fingerprint density at radius 2 is 1.90 bits per heavy atom. The first-order chi connectivity index (χ1) is 14.6. The summed E-state index contributed by atoms with van der Waals surface area (Å²) in [6, 6.07) is 15.9. The van der Waals surface area contributed by atoms with Gasteiger partial charge in [0, 0.05) is 18.4 Å². The van der Waals surface area contributed by atoms with Crippen LogP contribution >= 0.6 is 0 Å². The number of aliphatic hydroxyl groups is 1. The molecule has 0 bridgehead atoms. The zero-order valence-electron chi connectivity index (χ0n) is 17.0. The molecule has 2 saturated heterocycles. The van der Waals surface area contributed by atoms with E-state index >= 15 is 0 Å². The average Bonchev–Trinajstić information content (AvgIpc) is 3.60. The van der Waals surface area contributed by atoms with Gasteiger partial charge in [0.25, 0.3) is 0 Å². The van der Waals surface area contributed by atoms with Crippen molar-refractivity contribution in [2.75, 3.05) is 26.8 Å². The summed E-state index contributed by atoms with van der Waals surface area (Å²) in [4.78, 5) is 28.7. The summed E-state index contributed by atoms with van der Waals surface area (Å²) in [6.07, 6.45) is 1.87. The van der Waals surface area contributed by atoms with Gasteiger partial charge in [0.05, 0.1) is 32.3 Å². The van der Waals surface area contributed by atoms with Crippen molar-refractivity contribution in [1.29, 1.82) is 0 Å². The second-order valence-electron chi connectivity index (χ2n) is 8.49. The Kier molecular flexibility index (Phi) is 4.74. The third kappa shape index (κ3) is 3.16. The van der Waals surface area contributed by atoms with Gasteiger partial charge in [-0.2, -0.15) is 0 Å². The largest absolute Gasteiger partial charge is 0.497 e. The van der Waals surface area contributed by atoms with E-state index in [1.165, 1.54) is 0 Å². The second-order valence-corrected chi connectivity index (χ2v) is 8.49. The number of fused-ring (bicyclic) bond motifs is 1. The fourth-order valence-corrected chi connectivity index (χ4v) is 4.96. The van der Waals surface area contributed by atoms with Gasteiger partial charge >= 0.3 is 0 Å². The standard InChI is InChI=1S/C24H26N2O4/c1-30-19-4-2-3-18(11-19)15-5-7-16(8-6-15)23-20-12-25(24(29)17-9-10-17)13-22(28)26(20)21(23)14-27/h2-8,11,17,20-21,23,27H,9-10,12-14H2,1H3/t20-,21+,23+/m0/s1. The maximum atomic E-state index is 12.7. The lowest BCUT2D eigenvalue weighted by Crippen LogP contribution is -2.73. The van der Waals surface area contributed by atoms with Crippen molar-refractivity contribution < 1.29 is 19.4 Å². The van der Waals surface area contributed by atoms with E-state index in [-0.39, 0.29) is 48.9 Å². The molecule has 5 rings (SSSR count). The van der Waals surface area contributed by atoms with Crippen LogP contribution in [0.5, 0.6) is 5.75 Å². The summed E-state index contributed by atoms with van der Waals surface area (Å²) in [5, 5.41) is 9.95. The molecule has 0 unspecified atom stereocenters. The zero-order chi connectivity index (χ0) is 20.8. The zero-order valence-corrected chi connectivity index (χ0v) is 17.0. The Bertz CT molecular complexity index is 969. The van der Waals surface area contributed by atoms with Crippen LogP contribution in [-0.2, 0) is 9.59 Å². The first-order valence-corrected chi connectivity index (χ1v) is 10.6. The van der Waals surface area contributed by atoms with Crippen LogP contribution in [0.1, 0.15) is 24.3 Å². The number of rotatable bonds is 5. The summed E-state index contributed by atoms with van der Waals surface area (Å²) in [5.74, 6) is 1.02. The van der Waals surface area contributed by atoms with Crippen LogP contribution in [0.4, 0.5) is 0 Å². The van der Waals surface area contributed by atoms with Crippen LogP contribution < -0.4 is 4.74 Å². The van der Waals surface area contributed by atoms with Gasteiger partial charge in [0.15, 0.2) is 0 Å². The van der Waals surface area contributed by atoms with Gasteiger partial charge < -0.3 is 19.6 Å². The van der Waals surface area contributed by atoms with Gasteiger partial charge in [-0.1, -0.05) is 36.4 Å². The van der Waals surface area contributed by atoms with Crippen molar-refractivity contribution in [3.63, 3.8) is 0 Å². The van der Waals surface area contributed by atoms with E-state index in [2.05, 4.69) is 24.3 Å². The van der Waals surface area contributed by atoms with E-state index < -0.39 is 0 Å². The van der Waals surface area contributed by atoms with E-state index in [0.717, 1.165) is 35.3 Å². The molecular weight excluding hydrogens is 380 g/mol. The van der Waals surface area contributed by atoms with Gasteiger partial charge in [0.1, 0.15) is 5.75 Å². The molecule has 1 saturated carbocycles. The fraction of sp³-hybridized carbons (Fsp3) is 0.417. The van der Waals surface area contributed by atoms with Crippen LogP contribution in [0.25, 0.3) is 11.1 Å². The molecule has 2 aliphatic heterocycles. The Morgan fingerprint density at radius 3 is 2.57 bits per heavy atom. The predicted octanol–water partition coefficient (Wildman–Crippen LogP) is 2.27. The highest BCUT2D eigenvalue weighted by molar-refractivity contribution is 5.89. The van der Waals surface area contributed by atoms with Gasteiger partial charge in [-0.3, -0.25) is 9.59 Å². The topological polar surface area (TPSA) is 70.1 Å². The maximum absolute atomic E-state index is 12.7. The minimum atomic E-state index is -0.219. The number of aliphatic hydroxyl groups excluding tert-OH is 1. The summed E-state index contributed by atoms with van der Waals surface area (Å²) in [7, 11) is 1.66. The van der Waals surface area contributed by atoms with Gasteiger partial charge in [-0.15, -0.1) is 0 Å². The normalized spacial score (nSPS) is 25.5. The molecule has 2 heterocycles. The molecule has 0 spiro atoms. The molecule has 3 atom stereocenters. The minimum absolute atomic E-state index is 0.0353. The van der Waals surface area contributed by atoms with Crippen molar-refractivity contribution in [1.82, 2.24) is 9.80 Å². The van der Waals surface area contributed by atoms with Crippen LogP contribution in [0.15, 0.2) is 48.5 Å². The third-order valence-corrected chi connectivity index (χ3v) is 6.69. The number of piperazine rings is 1. The SMILES string of the molecule is COc1cccc(-c2ccc([C@H]3[C@@H](CO)N4C(=O)CN(C(=O)C5CC5)C[C@@H]34)cc2)c1. The highest BCUT2D eigenvalue weighted by Gasteiger charge is 2.55. The predicted molar refractivity (Wildman–Crippen MR) is 112 cm³/mol. The Hall–Kier alpha value is -2.86. The van der Waals surface area contributed by atoms with E-state index in [1.54, 1.807) is 16.9 Å². The molecule has 1 N–H and O–H groups in total. The number of methoxy groups -OCH3 is 1. The molecule has 0 aromatic heterocycles. The fourth-order valence-electron chi connectivity index (χ4n) is 4.96. The quantitative estimate of drug-likeness (QED) is 0.827. The van der Waals surface area contributed by atoms with Gasteiger partial charge in [0.2, 0.25) is 11.8 Å². The molecule has 2 aromatic carbocycles. The molecule has 3 fully saturated rings. The molecule has 30 heavy (non-hydrogen) atoms. The van der Waals surface area contributed by atoms with Crippen LogP contribution in [0, 0.1) is 5.92 Å². The summed E-state index contributed by atoms with van der Waals surface area (Å²) < 4.78 is 5.32. The molecule has 2 aromatic rings. The van der Waals surface area contributed by atoms with E-state index in [0.29, 0.717) is 6.54 Å². The number of hydrogen-bond donors (Lipinski definition) is 1. The number of carbonyl (C=O) groups excluding carboxylic acids is 2. The summed E-state index contributed by atoms with van der Waals surface area (Å²) in [6.45, 7) is 0.630. The average molecular weight is 406 g/mol. The highest BCUT2D eigenvalue weighted by Crippen LogP contribution is 2.44. The lowest BCUT2D eigenvalue weighted by Gasteiger charge is -2.58. The minimum Gasteiger partial charge on any atom is -0.497 e. The molecule has 3 aliphatic rings. The van der Waals surface area contributed by atoms with Crippen molar-refractivity contribution in [3.05, 3.63) is 54.1 Å². The number of carbonyl (C=O) groups is 2. The molecule has 156 valence electrons. The number of hydrogen-bond acceptors (Lipinski definition) is 4. The number of benzene rings is 2. The first-order valence-electron chi connectivity index (χ1n) is 10.6. The van der Waals surface area contributed by atoms with Crippen LogP contribution in [-0.4, -0.2) is 65.6 Å². The maximum Gasteiger partial charge on any atom is 0.242 e. The lowest BCUT2D eigenvalue weighted by atomic mass is 9.73. The molecule has 0 radical (unpaired) electrons. The first kappa shape index (κ1) is 19.1. The summed E-state index contributed by atoms with van der Waals surface area (Å²) in [5.41, 5.74) is 3.25. The van der Waals surface area contributed by atoms with Gasteiger partial charge in [-0.05, 0) is 41.7 Å². The molecule has 1 aliphatic carbocycles. The molecule has 2 amide bonds. The van der Waals surface area contributed by atoms with E-state index in [4.69, 9.17) is 4.74 Å². The summed E-state index contributed by atoms with van der Waals surface area (Å²) >= 11 is 0. The Balaban J connectivity index is 1.38. The monoisotopic (exact) mass is 406 g/mol. The van der Waals surface area contributed by atoms with E-state index in [9.17, 15) is 14.7 Å². The van der Waals surface area contributed by atoms with Crippen molar-refractivity contribution in [3.8, 4) is 16.9 Å². The number of amides is 2. The smallest absolute Gasteiger partial charge is 0.242 e. The molecule has 6 heteroatoms. The third-order valence-electron chi connectivity index (χ3n) is 6.69. The van der Waals surface area contributed by atoms with Crippen molar-refractivity contribution in [2.24, 2.45) is 5.92 Å². The van der Waals surface area contributed by atoms with Crippen LogP contribution in [0.3, 0.4) is 0 Å². The molecular formula is C24H26N2O4. The number of nitrogens with zero attached hydrogens (tertiary/aromatic N) is 2. The Labute approximate surface area is 176 Å². The molecule has 6 nitrogen and oxygen atoms in total. The lowest BCUT2D eigenvalue weighted by molar-refractivity contribution is -0.167. The van der Waals surface area contributed by atoms with Crippen molar-refractivity contribution >= 4 is 11.8 Å². The second kappa shape index (κ2) is 7.43. The van der Waals surface area contributed by atoms with Crippen LogP contribution in [0.2, 0.25) is 0 Å². The number of ether oxygens (including phenoxy) is 1. The highest BCUT2D eigenvalue weighted by atomic mass is 16.5. The van der Waals surface area contributed by atoms with Crippen molar-refractivity contribution in [2.45, 2.75) is 30.8 Å². The van der Waals surface area contributed by atoms with Gasteiger partial charge in [-0.25, -0.2) is 0 Å². The van der Waals surface area contributed by atoms with E-state index in [1.807, 2.05) is 24.3 Å². The Morgan fingerprint density at radius 1 is 1.13 bits per heavy atom.